The lowest BCUT2D eigenvalue weighted by Gasteiger charge is -2.25. The van der Waals surface area contributed by atoms with E-state index in [9.17, 15) is 9.18 Å². The predicted molar refractivity (Wildman–Crippen MR) is 73.5 cm³/mol. The summed E-state index contributed by atoms with van der Waals surface area (Å²) in [5, 5.41) is 8.93. The van der Waals surface area contributed by atoms with Gasteiger partial charge in [-0.2, -0.15) is 0 Å². The Morgan fingerprint density at radius 2 is 2.00 bits per heavy atom. The van der Waals surface area contributed by atoms with Gasteiger partial charge in [0.15, 0.2) is 0 Å². The Morgan fingerprint density at radius 1 is 1.44 bits per heavy atom. The molecule has 1 rings (SSSR count). The Bertz CT molecular complexity index is 467. The largest absolute Gasteiger partial charge is 0.481 e. The normalized spacial score (nSPS) is 11.9. The Labute approximate surface area is 115 Å². The third-order valence-corrected chi connectivity index (χ3v) is 3.63. The molecule has 0 saturated heterocycles. The number of carboxylic acid groups (broad SMARTS) is 1. The van der Waals surface area contributed by atoms with Crippen molar-refractivity contribution in [3.63, 3.8) is 0 Å². The van der Waals surface area contributed by atoms with Gasteiger partial charge in [-0.1, -0.05) is 33.8 Å². The molecular weight excluding hydrogens is 299 g/mol. The van der Waals surface area contributed by atoms with E-state index in [4.69, 9.17) is 5.11 Å². The van der Waals surface area contributed by atoms with Gasteiger partial charge in [-0.15, -0.1) is 0 Å². The third-order valence-electron chi connectivity index (χ3n) is 3.05. The van der Waals surface area contributed by atoms with Crippen LogP contribution in [0, 0.1) is 5.82 Å². The van der Waals surface area contributed by atoms with Gasteiger partial charge in [0.25, 0.3) is 0 Å². The van der Waals surface area contributed by atoms with Crippen LogP contribution < -0.4 is 0 Å². The summed E-state index contributed by atoms with van der Waals surface area (Å²) in [5.41, 5.74) is 0.922. The topological polar surface area (TPSA) is 37.3 Å². The summed E-state index contributed by atoms with van der Waals surface area (Å²) in [6.45, 7) is 7.54. The summed E-state index contributed by atoms with van der Waals surface area (Å²) in [7, 11) is 0. The molecule has 0 aliphatic carbocycles. The molecule has 0 heterocycles. The highest BCUT2D eigenvalue weighted by molar-refractivity contribution is 9.10. The van der Waals surface area contributed by atoms with Crippen LogP contribution in [0.2, 0.25) is 0 Å². The van der Waals surface area contributed by atoms with Crippen molar-refractivity contribution in [1.82, 2.24) is 0 Å². The van der Waals surface area contributed by atoms with Gasteiger partial charge in [0.2, 0.25) is 0 Å². The summed E-state index contributed by atoms with van der Waals surface area (Å²) < 4.78 is 14.3. The molecule has 0 unspecified atom stereocenters. The van der Waals surface area contributed by atoms with Crippen LogP contribution in [0.25, 0.3) is 0 Å². The van der Waals surface area contributed by atoms with E-state index in [2.05, 4.69) is 15.9 Å². The van der Waals surface area contributed by atoms with Crippen molar-refractivity contribution in [3.8, 4) is 0 Å². The first-order valence-corrected chi connectivity index (χ1v) is 6.65. The first kappa shape index (κ1) is 15.2. The van der Waals surface area contributed by atoms with E-state index in [1.165, 1.54) is 0 Å². The highest BCUT2D eigenvalue weighted by Crippen LogP contribution is 2.34. The average Bonchev–Trinajstić information content (AvgIpc) is 2.19. The van der Waals surface area contributed by atoms with E-state index < -0.39 is 11.4 Å². The molecule has 0 bridgehead atoms. The summed E-state index contributed by atoms with van der Waals surface area (Å²) >= 11 is 3.20. The molecule has 0 amide bonds. The predicted octanol–water partition coefficient (Wildman–Crippen LogP) is 4.46. The molecule has 100 valence electrons. The second-order valence-electron chi connectivity index (χ2n) is 5.47. The molecule has 1 N–H and O–H groups in total. The van der Waals surface area contributed by atoms with E-state index in [-0.39, 0.29) is 18.2 Å². The zero-order chi connectivity index (χ0) is 14.1. The first-order valence-electron chi connectivity index (χ1n) is 5.86. The fraction of sp³-hybridized carbons (Fsp3) is 0.500. The third kappa shape index (κ3) is 3.31. The first-order chi connectivity index (χ1) is 8.15. The minimum atomic E-state index is -0.855. The molecule has 0 aliphatic rings. The van der Waals surface area contributed by atoms with Crippen molar-refractivity contribution in [3.05, 3.63) is 33.5 Å². The van der Waals surface area contributed by atoms with E-state index in [1.807, 2.05) is 27.7 Å². The van der Waals surface area contributed by atoms with Crippen molar-refractivity contribution in [2.75, 3.05) is 0 Å². The van der Waals surface area contributed by atoms with Crippen LogP contribution in [0.4, 0.5) is 4.39 Å². The van der Waals surface area contributed by atoms with Gasteiger partial charge in [-0.3, -0.25) is 4.79 Å². The molecule has 1 aromatic rings. The number of halogens is 2. The minimum Gasteiger partial charge on any atom is -0.481 e. The lowest BCUT2D eigenvalue weighted by atomic mass is 9.80. The number of rotatable bonds is 4. The molecule has 0 saturated carbocycles. The highest BCUT2D eigenvalue weighted by Gasteiger charge is 2.26. The summed E-state index contributed by atoms with van der Waals surface area (Å²) in [5.74, 6) is -1.06. The maximum absolute atomic E-state index is 13.9. The highest BCUT2D eigenvalue weighted by atomic mass is 79.9. The Hall–Kier alpha value is -0.900. The van der Waals surface area contributed by atoms with Crippen LogP contribution in [-0.4, -0.2) is 11.1 Å². The number of carboxylic acids is 1. The molecule has 18 heavy (non-hydrogen) atoms. The van der Waals surface area contributed by atoms with Crippen molar-refractivity contribution in [2.24, 2.45) is 0 Å². The van der Waals surface area contributed by atoms with Gasteiger partial charge in [-0.25, -0.2) is 4.39 Å². The van der Waals surface area contributed by atoms with E-state index in [0.717, 1.165) is 5.56 Å². The molecule has 4 heteroatoms. The fourth-order valence-corrected chi connectivity index (χ4v) is 2.38. The number of carbonyl (C=O) groups is 1. The van der Waals surface area contributed by atoms with Gasteiger partial charge in [0.05, 0.1) is 10.9 Å². The zero-order valence-corrected chi connectivity index (χ0v) is 12.6. The van der Waals surface area contributed by atoms with Crippen molar-refractivity contribution >= 4 is 21.9 Å². The zero-order valence-electron chi connectivity index (χ0n) is 11.1. The quantitative estimate of drug-likeness (QED) is 0.890. The molecule has 0 radical (unpaired) electrons. The number of aliphatic carboxylic acids is 1. The van der Waals surface area contributed by atoms with E-state index >= 15 is 0 Å². The smallest absolute Gasteiger partial charge is 0.304 e. The lowest BCUT2D eigenvalue weighted by Crippen LogP contribution is -2.22. The monoisotopic (exact) mass is 316 g/mol. The van der Waals surface area contributed by atoms with Gasteiger partial charge < -0.3 is 5.11 Å². The van der Waals surface area contributed by atoms with Crippen LogP contribution in [0.15, 0.2) is 16.6 Å². The number of hydrogen-bond acceptors (Lipinski definition) is 1. The lowest BCUT2D eigenvalue weighted by molar-refractivity contribution is -0.138. The number of hydrogen-bond donors (Lipinski definition) is 1. The fourth-order valence-electron chi connectivity index (χ4n) is 1.90. The Balaban J connectivity index is 3.30. The van der Waals surface area contributed by atoms with Crippen LogP contribution in [-0.2, 0) is 10.2 Å². The second-order valence-corrected chi connectivity index (χ2v) is 6.32. The van der Waals surface area contributed by atoms with Crippen LogP contribution in [0.3, 0.4) is 0 Å². The van der Waals surface area contributed by atoms with E-state index in [1.54, 1.807) is 12.1 Å². The molecule has 2 nitrogen and oxygen atoms in total. The van der Waals surface area contributed by atoms with E-state index in [0.29, 0.717) is 10.0 Å². The molecule has 0 aromatic heterocycles. The van der Waals surface area contributed by atoms with Crippen LogP contribution in [0.5, 0.6) is 0 Å². The molecule has 0 aliphatic heterocycles. The van der Waals surface area contributed by atoms with Gasteiger partial charge in [-0.05, 0) is 39.0 Å². The summed E-state index contributed by atoms with van der Waals surface area (Å²) in [6.07, 6.45) is 0.0165. The van der Waals surface area contributed by atoms with Gasteiger partial charge in [0, 0.05) is 5.41 Å². The molecule has 0 spiro atoms. The maximum atomic E-state index is 13.9. The summed E-state index contributed by atoms with van der Waals surface area (Å²) in [6, 6.07) is 3.44. The average molecular weight is 317 g/mol. The van der Waals surface area contributed by atoms with Crippen LogP contribution in [0.1, 0.15) is 51.2 Å². The standard InChI is InChI=1S/C14H18BrFO2/c1-8(2)10-5-9(6-11(15)13(10)16)14(3,4)7-12(17)18/h5-6,8H,7H2,1-4H3,(H,17,18). The maximum Gasteiger partial charge on any atom is 0.304 e. The minimum absolute atomic E-state index is 0.0165. The van der Waals surface area contributed by atoms with Crippen molar-refractivity contribution < 1.29 is 14.3 Å². The van der Waals surface area contributed by atoms with Gasteiger partial charge >= 0.3 is 5.97 Å². The Kier molecular flexibility index (Phi) is 4.54. The summed E-state index contributed by atoms with van der Waals surface area (Å²) in [4.78, 5) is 10.9. The van der Waals surface area contributed by atoms with Crippen molar-refractivity contribution in [1.29, 1.82) is 0 Å². The van der Waals surface area contributed by atoms with Gasteiger partial charge in [0.1, 0.15) is 5.82 Å². The van der Waals surface area contributed by atoms with Crippen LogP contribution >= 0.6 is 15.9 Å². The Morgan fingerprint density at radius 3 is 2.44 bits per heavy atom. The second kappa shape index (κ2) is 5.39. The van der Waals surface area contributed by atoms with Crippen molar-refractivity contribution in [2.45, 2.75) is 45.4 Å². The SMILES string of the molecule is CC(C)c1cc(C(C)(C)CC(=O)O)cc(Br)c1F. The number of benzene rings is 1. The molecule has 1 aromatic carbocycles. The molecule has 0 fully saturated rings. The molecular formula is C14H18BrFO2. The molecule has 0 atom stereocenters.